The van der Waals surface area contributed by atoms with Crippen LogP contribution in [0.5, 0.6) is 5.75 Å². The van der Waals surface area contributed by atoms with Crippen molar-refractivity contribution in [3.63, 3.8) is 0 Å². The Morgan fingerprint density at radius 2 is 2.14 bits per heavy atom. The van der Waals surface area contributed by atoms with Crippen LogP contribution in [-0.2, 0) is 4.79 Å². The molecule has 1 heterocycles. The lowest BCUT2D eigenvalue weighted by atomic mass is 10.00. The van der Waals surface area contributed by atoms with E-state index in [4.69, 9.17) is 4.74 Å². The summed E-state index contributed by atoms with van der Waals surface area (Å²) in [6.45, 7) is 3.11. The van der Waals surface area contributed by atoms with Gasteiger partial charge in [0.1, 0.15) is 5.75 Å². The van der Waals surface area contributed by atoms with E-state index in [9.17, 15) is 4.79 Å². The second kappa shape index (κ2) is 11.4. The average Bonchev–Trinajstić information content (AvgIpc) is 2.52. The maximum Gasteiger partial charge on any atom is 0.239 e. The summed E-state index contributed by atoms with van der Waals surface area (Å²) < 4.78 is 5.23. The normalized spacial score (nSPS) is 16.7. The number of hydrogen-bond acceptors (Lipinski definition) is 4. The van der Waals surface area contributed by atoms with Crippen molar-refractivity contribution in [3.05, 3.63) is 24.3 Å². The van der Waals surface area contributed by atoms with E-state index >= 15 is 0 Å². The fourth-order valence-corrected chi connectivity index (χ4v) is 2.39. The molecule has 1 aromatic carbocycles. The van der Waals surface area contributed by atoms with Crippen LogP contribution in [0, 0.1) is 5.92 Å². The lowest BCUT2D eigenvalue weighted by Crippen LogP contribution is -2.39. The lowest BCUT2D eigenvalue weighted by Gasteiger charge is -2.23. The van der Waals surface area contributed by atoms with Gasteiger partial charge in [0.2, 0.25) is 5.91 Å². The van der Waals surface area contributed by atoms with Crippen LogP contribution in [0.4, 0.5) is 5.69 Å². The Hall–Kier alpha value is -1.17. The molecule has 0 bridgehead atoms. The van der Waals surface area contributed by atoms with Gasteiger partial charge in [-0.15, -0.1) is 24.8 Å². The van der Waals surface area contributed by atoms with Gasteiger partial charge in [0.15, 0.2) is 0 Å². The van der Waals surface area contributed by atoms with Crippen molar-refractivity contribution in [2.24, 2.45) is 5.92 Å². The number of nitrogens with one attached hydrogen (secondary N) is 3. The van der Waals surface area contributed by atoms with Gasteiger partial charge < -0.3 is 20.7 Å². The molecule has 126 valence electrons. The molecule has 2 rings (SSSR count). The number of rotatable bonds is 6. The van der Waals surface area contributed by atoms with E-state index in [1.807, 2.05) is 24.3 Å². The number of piperidine rings is 1. The minimum atomic E-state index is 0. The van der Waals surface area contributed by atoms with Crippen LogP contribution in [0.1, 0.15) is 12.8 Å². The summed E-state index contributed by atoms with van der Waals surface area (Å²) >= 11 is 0. The fraction of sp³-hybridized carbons (Fsp3) is 0.533. The predicted molar refractivity (Wildman–Crippen MR) is 94.6 cm³/mol. The van der Waals surface area contributed by atoms with Crippen LogP contribution in [-0.4, -0.2) is 39.2 Å². The fourth-order valence-electron chi connectivity index (χ4n) is 2.39. The molecule has 3 N–H and O–H groups in total. The largest absolute Gasteiger partial charge is 0.495 e. The van der Waals surface area contributed by atoms with Crippen molar-refractivity contribution in [2.75, 3.05) is 38.6 Å². The summed E-state index contributed by atoms with van der Waals surface area (Å²) in [7, 11) is 1.62. The highest BCUT2D eigenvalue weighted by Crippen LogP contribution is 2.22. The molecule has 1 aliphatic rings. The van der Waals surface area contributed by atoms with E-state index in [-0.39, 0.29) is 37.3 Å². The number of methoxy groups -OCH3 is 1. The van der Waals surface area contributed by atoms with Gasteiger partial charge in [0.05, 0.1) is 19.3 Å². The number of hydrogen-bond donors (Lipinski definition) is 3. The summed E-state index contributed by atoms with van der Waals surface area (Å²) in [5, 5.41) is 9.42. The van der Waals surface area contributed by atoms with E-state index in [2.05, 4.69) is 16.0 Å². The van der Waals surface area contributed by atoms with Gasteiger partial charge in [0, 0.05) is 6.54 Å². The number of carbonyl (C=O) groups excluding carboxylic acids is 1. The SMILES string of the molecule is COc1ccccc1NCC(=O)NCC1CCCNC1.Cl.Cl. The maximum atomic E-state index is 11.8. The van der Waals surface area contributed by atoms with Gasteiger partial charge in [-0.2, -0.15) is 0 Å². The van der Waals surface area contributed by atoms with Gasteiger partial charge in [-0.05, 0) is 44.0 Å². The zero-order valence-electron chi connectivity index (χ0n) is 12.8. The first-order valence-electron chi connectivity index (χ1n) is 7.14. The highest BCUT2D eigenvalue weighted by atomic mass is 35.5. The van der Waals surface area contributed by atoms with Crippen LogP contribution in [0.3, 0.4) is 0 Å². The van der Waals surface area contributed by atoms with Gasteiger partial charge >= 0.3 is 0 Å². The third kappa shape index (κ3) is 6.73. The highest BCUT2D eigenvalue weighted by Gasteiger charge is 2.13. The molecule has 1 fully saturated rings. The zero-order valence-corrected chi connectivity index (χ0v) is 14.4. The van der Waals surface area contributed by atoms with Crippen LogP contribution in [0.25, 0.3) is 0 Å². The molecule has 1 unspecified atom stereocenters. The van der Waals surface area contributed by atoms with E-state index in [1.54, 1.807) is 7.11 Å². The van der Waals surface area contributed by atoms with Crippen LogP contribution < -0.4 is 20.7 Å². The van der Waals surface area contributed by atoms with E-state index in [1.165, 1.54) is 12.8 Å². The van der Waals surface area contributed by atoms with Gasteiger partial charge in [-0.25, -0.2) is 0 Å². The minimum absolute atomic E-state index is 0. The average molecular weight is 350 g/mol. The Balaban J connectivity index is 0.00000220. The highest BCUT2D eigenvalue weighted by molar-refractivity contribution is 5.85. The summed E-state index contributed by atoms with van der Waals surface area (Å²) in [6.07, 6.45) is 2.38. The Labute approximate surface area is 144 Å². The molecule has 0 aromatic heterocycles. The molecule has 1 saturated heterocycles. The molecule has 7 heteroatoms. The van der Waals surface area contributed by atoms with Crippen LogP contribution in [0.2, 0.25) is 0 Å². The first kappa shape index (κ1) is 20.8. The topological polar surface area (TPSA) is 62.4 Å². The quantitative estimate of drug-likeness (QED) is 0.735. The molecule has 22 heavy (non-hydrogen) atoms. The predicted octanol–water partition coefficient (Wildman–Crippen LogP) is 2.07. The molecule has 0 spiro atoms. The summed E-state index contributed by atoms with van der Waals surface area (Å²) in [4.78, 5) is 11.8. The van der Waals surface area contributed by atoms with Crippen molar-refractivity contribution in [1.29, 1.82) is 0 Å². The molecule has 1 atom stereocenters. The summed E-state index contributed by atoms with van der Waals surface area (Å²) in [6, 6.07) is 7.59. The Kier molecular flexibility index (Phi) is 10.8. The first-order valence-corrected chi connectivity index (χ1v) is 7.14. The number of ether oxygens (including phenoxy) is 1. The van der Waals surface area contributed by atoms with Crippen LogP contribution >= 0.6 is 24.8 Å². The minimum Gasteiger partial charge on any atom is -0.495 e. The van der Waals surface area contributed by atoms with Crippen molar-refractivity contribution in [2.45, 2.75) is 12.8 Å². The molecule has 0 saturated carbocycles. The second-order valence-corrected chi connectivity index (χ2v) is 5.07. The molecule has 1 amide bonds. The summed E-state index contributed by atoms with van der Waals surface area (Å²) in [5.41, 5.74) is 0.837. The van der Waals surface area contributed by atoms with Gasteiger partial charge in [-0.1, -0.05) is 12.1 Å². The monoisotopic (exact) mass is 349 g/mol. The third-order valence-corrected chi connectivity index (χ3v) is 3.53. The zero-order chi connectivity index (χ0) is 14.2. The number of carbonyl (C=O) groups is 1. The molecular weight excluding hydrogens is 325 g/mol. The van der Waals surface area contributed by atoms with Gasteiger partial charge in [-0.3, -0.25) is 4.79 Å². The number of benzene rings is 1. The molecule has 0 aliphatic carbocycles. The molecule has 1 aliphatic heterocycles. The van der Waals surface area contributed by atoms with Crippen molar-refractivity contribution < 1.29 is 9.53 Å². The number of para-hydroxylation sites is 2. The van der Waals surface area contributed by atoms with E-state index < -0.39 is 0 Å². The molecule has 1 aromatic rings. The van der Waals surface area contributed by atoms with Gasteiger partial charge in [0.25, 0.3) is 0 Å². The number of halogens is 2. The Bertz CT molecular complexity index is 441. The molecule has 0 radical (unpaired) electrons. The summed E-state index contributed by atoms with van der Waals surface area (Å²) in [5.74, 6) is 1.32. The molecular formula is C15H25Cl2N3O2. The first-order chi connectivity index (χ1) is 9.79. The number of anilines is 1. The van der Waals surface area contributed by atoms with E-state index in [0.29, 0.717) is 5.92 Å². The van der Waals surface area contributed by atoms with Crippen LogP contribution in [0.15, 0.2) is 24.3 Å². The standard InChI is InChI=1S/C15H23N3O2.2ClH/c1-20-14-7-3-2-6-13(14)17-11-15(19)18-10-12-5-4-8-16-9-12;;/h2-3,6-7,12,16-17H,4-5,8-11H2,1H3,(H,18,19);2*1H. The van der Waals surface area contributed by atoms with Crippen molar-refractivity contribution in [1.82, 2.24) is 10.6 Å². The lowest BCUT2D eigenvalue weighted by molar-refractivity contribution is -0.119. The third-order valence-electron chi connectivity index (χ3n) is 3.53. The Morgan fingerprint density at radius 3 is 2.82 bits per heavy atom. The molecule has 5 nitrogen and oxygen atoms in total. The van der Waals surface area contributed by atoms with E-state index in [0.717, 1.165) is 31.1 Å². The number of amides is 1. The van der Waals surface area contributed by atoms with Crippen molar-refractivity contribution in [3.8, 4) is 5.75 Å². The second-order valence-electron chi connectivity index (χ2n) is 5.07. The maximum absolute atomic E-state index is 11.8. The smallest absolute Gasteiger partial charge is 0.239 e. The van der Waals surface area contributed by atoms with Crippen molar-refractivity contribution >= 4 is 36.4 Å². The Morgan fingerprint density at radius 1 is 1.36 bits per heavy atom.